The van der Waals surface area contributed by atoms with E-state index in [1.54, 1.807) is 0 Å². The molecule has 0 aliphatic rings. The van der Waals surface area contributed by atoms with Crippen LogP contribution in [0.2, 0.25) is 0 Å². The Morgan fingerprint density at radius 1 is 0.269 bits per heavy atom. The quantitative estimate of drug-likeness (QED) is 0.168. The zero-order valence-electron chi connectivity index (χ0n) is 28.5. The van der Waals surface area contributed by atoms with Gasteiger partial charge < -0.3 is 0 Å². The number of aromatic nitrogens is 1. The van der Waals surface area contributed by atoms with Gasteiger partial charge in [-0.25, -0.2) is 0 Å². The number of pyridine rings is 1. The van der Waals surface area contributed by atoms with Gasteiger partial charge in [0.05, 0.1) is 5.69 Å². The molecule has 0 amide bonds. The lowest BCUT2D eigenvalue weighted by atomic mass is 9.82. The van der Waals surface area contributed by atoms with Gasteiger partial charge in [-0.1, -0.05) is 164 Å². The maximum atomic E-state index is 4.93. The van der Waals surface area contributed by atoms with Gasteiger partial charge in [-0.3, -0.25) is 4.98 Å². The number of fused-ring (bicyclic) bond motifs is 5. The van der Waals surface area contributed by atoms with Gasteiger partial charge in [0, 0.05) is 17.1 Å². The highest BCUT2D eigenvalue weighted by atomic mass is 14.7. The first-order valence-electron chi connectivity index (χ1n) is 17.9. The average molecular weight is 660 g/mol. The molecule has 0 spiro atoms. The second kappa shape index (κ2) is 12.5. The lowest BCUT2D eigenvalue weighted by Gasteiger charge is -2.21. The molecule has 1 heterocycles. The minimum atomic E-state index is 1.00. The van der Waals surface area contributed by atoms with Crippen LogP contribution in [0.25, 0.3) is 98.9 Å². The molecule has 1 aromatic heterocycles. The first kappa shape index (κ1) is 30.0. The van der Waals surface area contributed by atoms with Crippen LogP contribution in [-0.2, 0) is 0 Å². The van der Waals surface area contributed by atoms with Crippen molar-refractivity contribution in [2.75, 3.05) is 0 Å². The van der Waals surface area contributed by atoms with Crippen LogP contribution in [0.15, 0.2) is 200 Å². The summed E-state index contributed by atoms with van der Waals surface area (Å²) in [6.45, 7) is 0. The molecule has 0 saturated heterocycles. The van der Waals surface area contributed by atoms with E-state index in [0.29, 0.717) is 0 Å². The molecule has 0 bridgehead atoms. The van der Waals surface area contributed by atoms with Gasteiger partial charge in [-0.15, -0.1) is 0 Å². The fourth-order valence-electron chi connectivity index (χ4n) is 8.05. The van der Waals surface area contributed by atoms with Crippen LogP contribution in [0.4, 0.5) is 0 Å². The number of rotatable bonds is 5. The predicted molar refractivity (Wildman–Crippen MR) is 221 cm³/mol. The third kappa shape index (κ3) is 5.06. The Bertz CT molecular complexity index is 2920. The molecular formula is C51H33N. The Morgan fingerprint density at radius 3 is 1.33 bits per heavy atom. The number of hydrogen-bond donors (Lipinski definition) is 0. The molecule has 0 aliphatic heterocycles. The van der Waals surface area contributed by atoms with Crippen molar-refractivity contribution in [3.8, 4) is 55.8 Å². The maximum Gasteiger partial charge on any atom is 0.0780 e. The van der Waals surface area contributed by atoms with Gasteiger partial charge in [0.15, 0.2) is 0 Å². The highest BCUT2D eigenvalue weighted by Crippen LogP contribution is 2.47. The van der Waals surface area contributed by atoms with E-state index in [1.807, 2.05) is 6.20 Å². The van der Waals surface area contributed by atoms with E-state index >= 15 is 0 Å². The molecule has 0 atom stereocenters. The molecule has 0 unspecified atom stereocenters. The normalized spacial score (nSPS) is 11.5. The summed E-state index contributed by atoms with van der Waals surface area (Å²) in [5.74, 6) is 0. The summed E-state index contributed by atoms with van der Waals surface area (Å²) in [6, 6.07) is 70.6. The molecular weight excluding hydrogens is 627 g/mol. The third-order valence-electron chi connectivity index (χ3n) is 10.5. The zero-order valence-corrected chi connectivity index (χ0v) is 28.5. The summed E-state index contributed by atoms with van der Waals surface area (Å²) in [7, 11) is 0. The Hall–Kier alpha value is -6.83. The highest BCUT2D eigenvalue weighted by molar-refractivity contribution is 6.23. The van der Waals surface area contributed by atoms with E-state index in [9.17, 15) is 0 Å². The Labute approximate surface area is 303 Å². The molecule has 10 rings (SSSR count). The summed E-state index contributed by atoms with van der Waals surface area (Å²) in [5, 5.41) is 9.73. The minimum Gasteiger partial charge on any atom is -0.256 e. The van der Waals surface area contributed by atoms with E-state index in [4.69, 9.17) is 4.98 Å². The summed E-state index contributed by atoms with van der Waals surface area (Å²) >= 11 is 0. The molecule has 0 fully saturated rings. The Morgan fingerprint density at radius 2 is 0.731 bits per heavy atom. The van der Waals surface area contributed by atoms with Gasteiger partial charge in [-0.05, 0) is 113 Å². The molecule has 242 valence electrons. The Balaban J connectivity index is 1.32. The standard InChI is InChI=1S/C51H33N/c1-4-14-34(15-5-1)45-30-38-21-10-11-22-39(38)31-46(45)40-24-26-43-44-27-25-41(51-42-23-13-12-16-35(42)28-29-52-51)33-48(44)50(37-19-8-3-9-20-37)49(47(43)32-40)36-17-6-2-7-18-36/h1-33H. The molecule has 1 nitrogen and oxygen atoms in total. The summed E-state index contributed by atoms with van der Waals surface area (Å²) in [4.78, 5) is 4.93. The molecule has 0 radical (unpaired) electrons. The third-order valence-corrected chi connectivity index (χ3v) is 10.5. The smallest absolute Gasteiger partial charge is 0.0780 e. The lowest BCUT2D eigenvalue weighted by molar-refractivity contribution is 1.36. The summed E-state index contributed by atoms with van der Waals surface area (Å²) in [5.41, 5.74) is 11.8. The van der Waals surface area contributed by atoms with Crippen molar-refractivity contribution in [1.29, 1.82) is 0 Å². The minimum absolute atomic E-state index is 1.00. The summed E-state index contributed by atoms with van der Waals surface area (Å²) in [6.07, 6.45) is 1.92. The van der Waals surface area contributed by atoms with Crippen LogP contribution in [0.3, 0.4) is 0 Å². The van der Waals surface area contributed by atoms with Crippen molar-refractivity contribution in [1.82, 2.24) is 4.98 Å². The van der Waals surface area contributed by atoms with Crippen molar-refractivity contribution >= 4 is 43.1 Å². The second-order valence-electron chi connectivity index (χ2n) is 13.5. The first-order valence-corrected chi connectivity index (χ1v) is 17.9. The van der Waals surface area contributed by atoms with Crippen molar-refractivity contribution in [3.05, 3.63) is 200 Å². The molecule has 1 heteroatoms. The van der Waals surface area contributed by atoms with Crippen LogP contribution in [-0.4, -0.2) is 4.98 Å². The van der Waals surface area contributed by atoms with Crippen LogP contribution in [0.1, 0.15) is 0 Å². The number of benzene rings is 9. The molecule has 0 N–H and O–H groups in total. The highest BCUT2D eigenvalue weighted by Gasteiger charge is 2.20. The fraction of sp³-hybridized carbons (Fsp3) is 0. The van der Waals surface area contributed by atoms with E-state index in [0.717, 1.165) is 16.6 Å². The van der Waals surface area contributed by atoms with Crippen LogP contribution in [0, 0.1) is 0 Å². The lowest BCUT2D eigenvalue weighted by Crippen LogP contribution is -1.94. The van der Waals surface area contributed by atoms with Crippen molar-refractivity contribution in [2.24, 2.45) is 0 Å². The monoisotopic (exact) mass is 659 g/mol. The average Bonchev–Trinajstić information content (AvgIpc) is 3.23. The van der Waals surface area contributed by atoms with E-state index in [2.05, 4.69) is 194 Å². The van der Waals surface area contributed by atoms with Crippen molar-refractivity contribution in [3.63, 3.8) is 0 Å². The zero-order chi connectivity index (χ0) is 34.4. The molecule has 52 heavy (non-hydrogen) atoms. The predicted octanol–water partition coefficient (Wildman–Crippen LogP) is 14.0. The van der Waals surface area contributed by atoms with Crippen molar-refractivity contribution < 1.29 is 0 Å². The summed E-state index contributed by atoms with van der Waals surface area (Å²) < 4.78 is 0. The van der Waals surface area contributed by atoms with Gasteiger partial charge in [0.25, 0.3) is 0 Å². The molecule has 0 saturated carbocycles. The van der Waals surface area contributed by atoms with E-state index in [1.165, 1.54) is 82.2 Å². The van der Waals surface area contributed by atoms with E-state index < -0.39 is 0 Å². The van der Waals surface area contributed by atoms with Gasteiger partial charge in [0.2, 0.25) is 0 Å². The fourth-order valence-corrected chi connectivity index (χ4v) is 8.05. The van der Waals surface area contributed by atoms with Gasteiger partial charge in [0.1, 0.15) is 0 Å². The maximum absolute atomic E-state index is 4.93. The van der Waals surface area contributed by atoms with Gasteiger partial charge in [-0.2, -0.15) is 0 Å². The SMILES string of the molecule is c1ccc(-c2cc3ccccc3cc2-c2ccc3c(c2)c(-c2ccccc2)c(-c2ccccc2)c2cc(-c4nccc5ccccc45)ccc23)cc1. The molecule has 0 aliphatic carbocycles. The largest absolute Gasteiger partial charge is 0.256 e. The molecule has 10 aromatic rings. The first-order chi connectivity index (χ1) is 25.8. The van der Waals surface area contributed by atoms with Gasteiger partial charge >= 0.3 is 0 Å². The molecule has 9 aromatic carbocycles. The van der Waals surface area contributed by atoms with Crippen LogP contribution in [0.5, 0.6) is 0 Å². The number of hydrogen-bond acceptors (Lipinski definition) is 1. The Kier molecular flexibility index (Phi) is 7.22. The van der Waals surface area contributed by atoms with Crippen LogP contribution >= 0.6 is 0 Å². The van der Waals surface area contributed by atoms with Crippen molar-refractivity contribution in [2.45, 2.75) is 0 Å². The topological polar surface area (TPSA) is 12.9 Å². The second-order valence-corrected chi connectivity index (χ2v) is 13.5. The van der Waals surface area contributed by atoms with Crippen LogP contribution < -0.4 is 0 Å². The van der Waals surface area contributed by atoms with E-state index in [-0.39, 0.29) is 0 Å². The number of nitrogens with zero attached hydrogens (tertiary/aromatic N) is 1.